The van der Waals surface area contributed by atoms with E-state index in [9.17, 15) is 0 Å². The minimum atomic E-state index is -0.111. The lowest BCUT2D eigenvalue weighted by Crippen LogP contribution is -2.51. The van der Waals surface area contributed by atoms with Gasteiger partial charge in [0.05, 0.1) is 0 Å². The van der Waals surface area contributed by atoms with Gasteiger partial charge in [0.1, 0.15) is 0 Å². The standard InChI is InChI=1S/C21H31N/c1-13(2)11-16-12-15(4)17-9-10-21(5,22-6)18-8-7-14(3)19(16)20(17)18/h11,15-18,20H,7-10,12H2,1-5H3/t15-,16-,17+,18-,20+,21-/m0/s1. The Morgan fingerprint density at radius 1 is 1.32 bits per heavy atom. The van der Waals surface area contributed by atoms with E-state index in [-0.39, 0.29) is 5.54 Å². The summed E-state index contributed by atoms with van der Waals surface area (Å²) in [6, 6.07) is 0. The summed E-state index contributed by atoms with van der Waals surface area (Å²) in [5.74, 6) is 3.55. The van der Waals surface area contributed by atoms with Crippen LogP contribution in [0.5, 0.6) is 0 Å². The van der Waals surface area contributed by atoms with E-state index in [2.05, 4.69) is 45.5 Å². The van der Waals surface area contributed by atoms with E-state index >= 15 is 0 Å². The lowest BCUT2D eigenvalue weighted by Gasteiger charge is -2.54. The number of rotatable bonds is 1. The smallest absolute Gasteiger partial charge is 0.233 e. The summed E-state index contributed by atoms with van der Waals surface area (Å²) in [6.45, 7) is 19.3. The SMILES string of the molecule is [C-]#[N+][C@@]1(C)CC[C@H]2[C@H]3C(=C(C)CC[C@@H]31)[C@@H](C=C(C)C)C[C@@H]2C. The number of hydrogen-bond donors (Lipinski definition) is 0. The van der Waals surface area contributed by atoms with Gasteiger partial charge in [0, 0.05) is 19.3 Å². The third kappa shape index (κ3) is 2.36. The van der Waals surface area contributed by atoms with E-state index in [4.69, 9.17) is 6.57 Å². The van der Waals surface area contributed by atoms with Gasteiger partial charge in [0.25, 0.3) is 0 Å². The Hall–Kier alpha value is -1.03. The summed E-state index contributed by atoms with van der Waals surface area (Å²) in [5.41, 5.74) is 4.73. The summed E-state index contributed by atoms with van der Waals surface area (Å²) in [6.07, 6.45) is 8.67. The highest BCUT2D eigenvalue weighted by atomic mass is 14.8. The van der Waals surface area contributed by atoms with Gasteiger partial charge in [-0.05, 0) is 70.1 Å². The Morgan fingerprint density at radius 2 is 2.05 bits per heavy atom. The van der Waals surface area contributed by atoms with Crippen LogP contribution >= 0.6 is 0 Å². The molecule has 120 valence electrons. The van der Waals surface area contributed by atoms with Crippen LogP contribution in [0, 0.1) is 36.2 Å². The van der Waals surface area contributed by atoms with Gasteiger partial charge >= 0.3 is 0 Å². The fourth-order valence-electron chi connectivity index (χ4n) is 5.85. The van der Waals surface area contributed by atoms with Crippen molar-refractivity contribution in [3.63, 3.8) is 0 Å². The molecule has 0 aromatic heterocycles. The van der Waals surface area contributed by atoms with Gasteiger partial charge in [-0.3, -0.25) is 0 Å². The largest absolute Gasteiger partial charge is 0.310 e. The molecule has 3 rings (SSSR count). The van der Waals surface area contributed by atoms with Crippen LogP contribution in [0.1, 0.15) is 66.7 Å². The lowest BCUT2D eigenvalue weighted by atomic mass is 9.49. The van der Waals surface area contributed by atoms with E-state index in [0.717, 1.165) is 18.3 Å². The van der Waals surface area contributed by atoms with Crippen molar-refractivity contribution in [3.8, 4) is 0 Å². The quantitative estimate of drug-likeness (QED) is 0.410. The molecular formula is C21H31N. The fraction of sp³-hybridized carbons (Fsp3) is 0.762. The van der Waals surface area contributed by atoms with E-state index < -0.39 is 0 Å². The van der Waals surface area contributed by atoms with Crippen LogP contribution in [-0.2, 0) is 0 Å². The van der Waals surface area contributed by atoms with Crippen LogP contribution in [0.2, 0.25) is 0 Å². The molecule has 2 saturated carbocycles. The summed E-state index contributed by atoms with van der Waals surface area (Å²) >= 11 is 0. The third-order valence-electron chi connectivity index (χ3n) is 6.91. The average Bonchev–Trinajstić information content (AvgIpc) is 2.45. The average molecular weight is 297 g/mol. The van der Waals surface area contributed by atoms with Gasteiger partial charge in [0.2, 0.25) is 5.54 Å². The Balaban J connectivity index is 2.08. The van der Waals surface area contributed by atoms with E-state index in [1.807, 2.05) is 0 Å². The first-order valence-corrected chi connectivity index (χ1v) is 9.10. The molecule has 0 saturated heterocycles. The number of hydrogen-bond acceptors (Lipinski definition) is 0. The van der Waals surface area contributed by atoms with E-state index in [1.54, 1.807) is 11.1 Å². The number of allylic oxidation sites excluding steroid dienone is 4. The molecule has 22 heavy (non-hydrogen) atoms. The molecule has 0 aliphatic heterocycles. The van der Waals surface area contributed by atoms with Gasteiger partial charge in [-0.1, -0.05) is 29.7 Å². The highest BCUT2D eigenvalue weighted by Gasteiger charge is 2.56. The molecule has 1 heteroatoms. The molecule has 0 unspecified atom stereocenters. The second-order valence-corrected chi connectivity index (χ2v) is 8.64. The van der Waals surface area contributed by atoms with E-state index in [0.29, 0.717) is 17.8 Å². The van der Waals surface area contributed by atoms with Crippen LogP contribution in [0.4, 0.5) is 0 Å². The first kappa shape index (κ1) is 15.9. The minimum Gasteiger partial charge on any atom is -0.310 e. The molecule has 0 N–H and O–H groups in total. The molecule has 0 aromatic rings. The van der Waals surface area contributed by atoms with Crippen LogP contribution in [0.3, 0.4) is 0 Å². The van der Waals surface area contributed by atoms with Crippen molar-refractivity contribution in [2.45, 2.75) is 72.3 Å². The molecule has 3 aliphatic rings. The van der Waals surface area contributed by atoms with Crippen molar-refractivity contribution in [2.75, 3.05) is 0 Å². The Kier molecular flexibility index (Phi) is 4.00. The van der Waals surface area contributed by atoms with Crippen molar-refractivity contribution >= 4 is 0 Å². The molecule has 0 spiro atoms. The molecule has 0 heterocycles. The van der Waals surface area contributed by atoms with Crippen LogP contribution in [-0.4, -0.2) is 5.54 Å². The highest BCUT2D eigenvalue weighted by molar-refractivity contribution is 5.33. The molecule has 0 amide bonds. The van der Waals surface area contributed by atoms with Gasteiger partial charge < -0.3 is 4.85 Å². The summed E-state index contributed by atoms with van der Waals surface area (Å²) in [5, 5.41) is 0. The Morgan fingerprint density at radius 3 is 2.68 bits per heavy atom. The highest BCUT2D eigenvalue weighted by Crippen LogP contribution is 2.59. The monoisotopic (exact) mass is 297 g/mol. The predicted molar refractivity (Wildman–Crippen MR) is 93.3 cm³/mol. The van der Waals surface area contributed by atoms with Crippen LogP contribution < -0.4 is 0 Å². The molecule has 3 aliphatic carbocycles. The van der Waals surface area contributed by atoms with Gasteiger partial charge in [-0.2, -0.15) is 0 Å². The second kappa shape index (κ2) is 5.55. The Bertz CT molecular complexity index is 557. The van der Waals surface area contributed by atoms with Crippen LogP contribution in [0.25, 0.3) is 4.85 Å². The zero-order valence-electron chi connectivity index (χ0n) is 14.9. The van der Waals surface area contributed by atoms with E-state index in [1.165, 1.54) is 31.3 Å². The van der Waals surface area contributed by atoms with Crippen molar-refractivity contribution in [1.82, 2.24) is 0 Å². The van der Waals surface area contributed by atoms with Crippen molar-refractivity contribution in [2.24, 2.45) is 29.6 Å². The second-order valence-electron chi connectivity index (χ2n) is 8.64. The van der Waals surface area contributed by atoms with Gasteiger partial charge in [-0.25, -0.2) is 6.57 Å². The first-order chi connectivity index (χ1) is 10.4. The maximum absolute atomic E-state index is 7.78. The molecule has 0 aromatic carbocycles. The first-order valence-electron chi connectivity index (χ1n) is 9.10. The summed E-state index contributed by atoms with van der Waals surface area (Å²) < 4.78 is 0. The minimum absolute atomic E-state index is 0.111. The summed E-state index contributed by atoms with van der Waals surface area (Å²) in [4.78, 5) is 4.14. The van der Waals surface area contributed by atoms with Crippen LogP contribution in [0.15, 0.2) is 22.8 Å². The summed E-state index contributed by atoms with van der Waals surface area (Å²) in [7, 11) is 0. The molecule has 2 fully saturated rings. The molecule has 6 atom stereocenters. The topological polar surface area (TPSA) is 4.36 Å². The maximum Gasteiger partial charge on any atom is 0.233 e. The van der Waals surface area contributed by atoms with Crippen molar-refractivity contribution in [3.05, 3.63) is 34.2 Å². The predicted octanol–water partition coefficient (Wildman–Crippen LogP) is 6.04. The number of nitrogens with zero attached hydrogens (tertiary/aromatic N) is 1. The fourth-order valence-corrected chi connectivity index (χ4v) is 5.85. The van der Waals surface area contributed by atoms with Crippen molar-refractivity contribution < 1.29 is 0 Å². The lowest BCUT2D eigenvalue weighted by molar-refractivity contribution is 0.0400. The zero-order valence-corrected chi connectivity index (χ0v) is 14.9. The maximum atomic E-state index is 7.78. The van der Waals surface area contributed by atoms with Gasteiger partial charge in [-0.15, -0.1) is 0 Å². The van der Waals surface area contributed by atoms with Gasteiger partial charge in [0.15, 0.2) is 0 Å². The molecule has 1 nitrogen and oxygen atoms in total. The zero-order chi connectivity index (χ0) is 16.1. The molecule has 0 radical (unpaired) electrons. The van der Waals surface area contributed by atoms with Crippen molar-refractivity contribution in [1.29, 1.82) is 0 Å². The molecular weight excluding hydrogens is 266 g/mol. The normalized spacial score (nSPS) is 44.1. The third-order valence-corrected chi connectivity index (χ3v) is 6.91. The molecule has 0 bridgehead atoms. The Labute approximate surface area is 136 Å².